The van der Waals surface area contributed by atoms with E-state index in [1.165, 1.54) is 23.9 Å². The van der Waals surface area contributed by atoms with Crippen molar-refractivity contribution >= 4 is 34.4 Å². The highest BCUT2D eigenvalue weighted by atomic mass is 35.5. The zero-order valence-electron chi connectivity index (χ0n) is 16.5. The van der Waals surface area contributed by atoms with Crippen molar-refractivity contribution in [1.29, 1.82) is 0 Å². The molecule has 0 bridgehead atoms. The van der Waals surface area contributed by atoms with Crippen LogP contribution in [0.3, 0.4) is 0 Å². The monoisotopic (exact) mass is 462 g/mol. The van der Waals surface area contributed by atoms with E-state index in [2.05, 4.69) is 0 Å². The highest BCUT2D eigenvalue weighted by Crippen LogP contribution is 2.33. The second kappa shape index (κ2) is 8.85. The van der Waals surface area contributed by atoms with Gasteiger partial charge in [-0.1, -0.05) is 35.5 Å². The smallest absolute Gasteiger partial charge is 0.416 e. The average molecular weight is 463 g/mol. The van der Waals surface area contributed by atoms with Crippen molar-refractivity contribution < 1.29 is 17.9 Å². The summed E-state index contributed by atoms with van der Waals surface area (Å²) in [7, 11) is 0. The first-order chi connectivity index (χ1) is 14.8. The third-order valence-electron chi connectivity index (χ3n) is 4.64. The summed E-state index contributed by atoms with van der Waals surface area (Å²) in [6, 6.07) is 18.3. The third kappa shape index (κ3) is 4.83. The van der Waals surface area contributed by atoms with Gasteiger partial charge in [-0.2, -0.15) is 13.2 Å². The van der Waals surface area contributed by atoms with E-state index >= 15 is 0 Å². The molecule has 0 fully saturated rings. The summed E-state index contributed by atoms with van der Waals surface area (Å²) in [6.45, 7) is 2.51. The Kier molecular flexibility index (Phi) is 6.16. The van der Waals surface area contributed by atoms with Crippen molar-refractivity contribution in [3.05, 3.63) is 82.9 Å². The number of rotatable bonds is 6. The third-order valence-corrected chi connectivity index (χ3v) is 5.89. The molecule has 0 unspecified atom stereocenters. The quantitative estimate of drug-likeness (QED) is 0.279. The Bertz CT molecular complexity index is 1190. The number of hydrogen-bond acceptors (Lipinski definition) is 3. The van der Waals surface area contributed by atoms with Gasteiger partial charge < -0.3 is 4.74 Å². The van der Waals surface area contributed by atoms with Gasteiger partial charge in [0.2, 0.25) is 0 Å². The van der Waals surface area contributed by atoms with Crippen LogP contribution in [0, 0.1) is 0 Å². The van der Waals surface area contributed by atoms with Crippen LogP contribution < -0.4 is 4.74 Å². The van der Waals surface area contributed by atoms with Crippen molar-refractivity contribution in [2.75, 3.05) is 6.61 Å². The van der Waals surface area contributed by atoms with E-state index in [9.17, 15) is 13.2 Å². The summed E-state index contributed by atoms with van der Waals surface area (Å²) < 4.78 is 45.9. The lowest BCUT2D eigenvalue weighted by Gasteiger charge is -2.11. The minimum Gasteiger partial charge on any atom is -0.494 e. The van der Waals surface area contributed by atoms with Crippen molar-refractivity contribution in [3.8, 4) is 11.4 Å². The molecule has 0 aliphatic carbocycles. The zero-order valence-corrected chi connectivity index (χ0v) is 18.1. The fraction of sp³-hybridized carbons (Fsp3) is 0.174. The van der Waals surface area contributed by atoms with Crippen LogP contribution in [0.2, 0.25) is 5.02 Å². The van der Waals surface area contributed by atoms with Gasteiger partial charge in [0.15, 0.2) is 5.16 Å². The maximum atomic E-state index is 12.8. The van der Waals surface area contributed by atoms with E-state index in [0.29, 0.717) is 17.4 Å². The number of aromatic nitrogens is 2. The van der Waals surface area contributed by atoms with E-state index in [1.807, 2.05) is 47.9 Å². The Hall–Kier alpha value is -2.64. The van der Waals surface area contributed by atoms with Crippen LogP contribution in [0.4, 0.5) is 13.2 Å². The molecule has 31 heavy (non-hydrogen) atoms. The topological polar surface area (TPSA) is 27.1 Å². The molecule has 3 aromatic carbocycles. The first-order valence-corrected chi connectivity index (χ1v) is 10.9. The predicted octanol–water partition coefficient (Wildman–Crippen LogP) is 7.39. The van der Waals surface area contributed by atoms with Gasteiger partial charge in [-0.05, 0) is 67.1 Å². The molecule has 160 valence electrons. The molecule has 3 nitrogen and oxygen atoms in total. The van der Waals surface area contributed by atoms with Crippen LogP contribution in [-0.4, -0.2) is 16.2 Å². The average Bonchev–Trinajstić information content (AvgIpc) is 3.10. The molecular weight excluding hydrogens is 445 g/mol. The molecule has 0 aliphatic rings. The van der Waals surface area contributed by atoms with Gasteiger partial charge in [0.05, 0.1) is 23.2 Å². The number of hydrogen-bond donors (Lipinski definition) is 0. The number of thioether (sulfide) groups is 1. The van der Waals surface area contributed by atoms with Gasteiger partial charge in [-0.25, -0.2) is 4.98 Å². The van der Waals surface area contributed by atoms with Crippen LogP contribution in [0.1, 0.15) is 18.1 Å². The molecule has 0 aliphatic heterocycles. The summed E-state index contributed by atoms with van der Waals surface area (Å²) in [5.74, 6) is 1.25. The van der Waals surface area contributed by atoms with Crippen LogP contribution in [0.5, 0.6) is 5.75 Å². The Morgan fingerprint density at radius 3 is 2.35 bits per heavy atom. The van der Waals surface area contributed by atoms with Crippen LogP contribution >= 0.6 is 23.4 Å². The molecule has 0 atom stereocenters. The largest absolute Gasteiger partial charge is 0.494 e. The first kappa shape index (κ1) is 21.6. The molecule has 8 heteroatoms. The van der Waals surface area contributed by atoms with Crippen LogP contribution in [-0.2, 0) is 11.9 Å². The zero-order chi connectivity index (χ0) is 22.0. The van der Waals surface area contributed by atoms with Crippen molar-refractivity contribution in [2.45, 2.75) is 24.0 Å². The van der Waals surface area contributed by atoms with E-state index < -0.39 is 11.7 Å². The van der Waals surface area contributed by atoms with Crippen molar-refractivity contribution in [2.24, 2.45) is 0 Å². The fourth-order valence-electron chi connectivity index (χ4n) is 3.17. The van der Waals surface area contributed by atoms with E-state index in [0.717, 1.165) is 45.3 Å². The van der Waals surface area contributed by atoms with E-state index in [1.54, 1.807) is 6.07 Å². The van der Waals surface area contributed by atoms with E-state index in [4.69, 9.17) is 21.3 Å². The normalized spacial score (nSPS) is 11.8. The Labute approximate surface area is 186 Å². The van der Waals surface area contributed by atoms with Crippen LogP contribution in [0.25, 0.3) is 16.7 Å². The number of halogens is 4. The molecule has 0 saturated heterocycles. The summed E-state index contributed by atoms with van der Waals surface area (Å²) in [5, 5.41) is 1.32. The highest BCUT2D eigenvalue weighted by Gasteiger charge is 2.29. The lowest BCUT2D eigenvalue weighted by Crippen LogP contribution is -2.04. The number of ether oxygens (including phenoxy) is 1. The SMILES string of the molecule is CCOc1ccc(-n2c(SCc3ccc(C(F)(F)F)cc3)nc3ccc(Cl)cc32)cc1. The molecule has 1 aromatic heterocycles. The number of alkyl halides is 3. The van der Waals surface area contributed by atoms with Gasteiger partial charge in [-0.15, -0.1) is 0 Å². The number of fused-ring (bicyclic) bond motifs is 1. The van der Waals surface area contributed by atoms with Gasteiger partial charge in [0.25, 0.3) is 0 Å². The predicted molar refractivity (Wildman–Crippen MR) is 118 cm³/mol. The minimum absolute atomic E-state index is 0.478. The molecule has 0 N–H and O–H groups in total. The minimum atomic E-state index is -4.34. The molecule has 4 rings (SSSR count). The highest BCUT2D eigenvalue weighted by molar-refractivity contribution is 7.98. The molecule has 4 aromatic rings. The lowest BCUT2D eigenvalue weighted by atomic mass is 10.1. The van der Waals surface area contributed by atoms with E-state index in [-0.39, 0.29) is 0 Å². The summed E-state index contributed by atoms with van der Waals surface area (Å²) >= 11 is 7.67. The number of nitrogens with zero attached hydrogens (tertiary/aromatic N) is 2. The Balaban J connectivity index is 1.66. The van der Waals surface area contributed by atoms with Gasteiger partial charge in [-0.3, -0.25) is 4.57 Å². The molecule has 0 saturated carbocycles. The number of imidazole rings is 1. The van der Waals surface area contributed by atoms with Gasteiger partial charge in [0.1, 0.15) is 5.75 Å². The maximum absolute atomic E-state index is 12.8. The number of benzene rings is 3. The maximum Gasteiger partial charge on any atom is 0.416 e. The molecule has 1 heterocycles. The summed E-state index contributed by atoms with van der Waals surface area (Å²) in [6.07, 6.45) is -4.34. The van der Waals surface area contributed by atoms with Gasteiger partial charge >= 0.3 is 6.18 Å². The molecule has 0 spiro atoms. The Morgan fingerprint density at radius 2 is 1.71 bits per heavy atom. The van der Waals surface area contributed by atoms with Crippen molar-refractivity contribution in [3.63, 3.8) is 0 Å². The molecular formula is C23H18ClF3N2OS. The van der Waals surface area contributed by atoms with Gasteiger partial charge in [0, 0.05) is 16.5 Å². The standard InChI is InChI=1S/C23H18ClF3N2OS/c1-2-30-19-10-8-18(9-11-19)29-21-13-17(24)7-12-20(21)28-22(29)31-14-15-3-5-16(6-4-15)23(25,26)27/h3-13H,2,14H2,1H3. The van der Waals surface area contributed by atoms with Crippen LogP contribution in [0.15, 0.2) is 71.9 Å². The Morgan fingerprint density at radius 1 is 1.00 bits per heavy atom. The second-order valence-corrected chi connectivity index (χ2v) is 8.15. The molecule has 0 radical (unpaired) electrons. The molecule has 0 amide bonds. The second-order valence-electron chi connectivity index (χ2n) is 6.77. The lowest BCUT2D eigenvalue weighted by molar-refractivity contribution is -0.137. The first-order valence-electron chi connectivity index (χ1n) is 9.55. The fourth-order valence-corrected chi connectivity index (χ4v) is 4.32. The summed E-state index contributed by atoms with van der Waals surface area (Å²) in [4.78, 5) is 4.72. The van der Waals surface area contributed by atoms with Crippen molar-refractivity contribution in [1.82, 2.24) is 9.55 Å². The summed E-state index contributed by atoms with van der Waals surface area (Å²) in [5.41, 5.74) is 2.65.